The average molecular weight is 471 g/mol. The molecular formula is C24H24ClFN4O3. The second-order valence-electron chi connectivity index (χ2n) is 7.93. The number of morpholine rings is 1. The number of rotatable bonds is 5. The summed E-state index contributed by atoms with van der Waals surface area (Å²) in [6.07, 6.45) is 6.43. The van der Waals surface area contributed by atoms with Gasteiger partial charge in [0.15, 0.2) is 16.7 Å². The van der Waals surface area contributed by atoms with E-state index in [1.807, 2.05) is 42.8 Å². The van der Waals surface area contributed by atoms with Crippen molar-refractivity contribution < 1.29 is 18.7 Å². The normalized spacial score (nSPS) is 18.4. The quantitative estimate of drug-likeness (QED) is 0.398. The van der Waals surface area contributed by atoms with Gasteiger partial charge in [-0.05, 0) is 50.6 Å². The number of imidazole rings is 1. The molecule has 3 heterocycles. The van der Waals surface area contributed by atoms with Crippen molar-refractivity contribution in [2.45, 2.75) is 32.9 Å². The van der Waals surface area contributed by atoms with Gasteiger partial charge in [-0.15, -0.1) is 0 Å². The van der Waals surface area contributed by atoms with Gasteiger partial charge in [0.05, 0.1) is 37.4 Å². The summed E-state index contributed by atoms with van der Waals surface area (Å²) < 4.78 is 27.8. The first-order valence-corrected chi connectivity index (χ1v) is 10.8. The lowest BCUT2D eigenvalue weighted by atomic mass is 10.1. The maximum Gasteiger partial charge on any atom is 0.289 e. The highest BCUT2D eigenvalue weighted by atomic mass is 35.5. The fraction of sp³-hybridized carbons (Fsp3) is 0.292. The van der Waals surface area contributed by atoms with Gasteiger partial charge in [0, 0.05) is 18.0 Å². The van der Waals surface area contributed by atoms with Gasteiger partial charge in [-0.25, -0.2) is 14.4 Å². The molecule has 7 nitrogen and oxygen atoms in total. The van der Waals surface area contributed by atoms with Crippen LogP contribution in [0.2, 0.25) is 5.15 Å². The molecule has 1 aromatic carbocycles. The van der Waals surface area contributed by atoms with E-state index in [1.165, 1.54) is 12.3 Å². The Kier molecular flexibility index (Phi) is 6.37. The molecule has 0 bridgehead atoms. The van der Waals surface area contributed by atoms with E-state index in [4.69, 9.17) is 21.1 Å². The first-order chi connectivity index (χ1) is 15.8. The molecule has 1 amide bonds. The van der Waals surface area contributed by atoms with Crippen LogP contribution >= 0.6 is 11.6 Å². The number of methoxy groups -OCH3 is 1. The zero-order chi connectivity index (χ0) is 23.7. The Hall–Kier alpha value is -3.39. The molecule has 0 spiro atoms. The average Bonchev–Trinajstić information content (AvgIpc) is 3.23. The van der Waals surface area contributed by atoms with Crippen LogP contribution in [0.15, 0.2) is 48.7 Å². The molecule has 9 heteroatoms. The molecule has 2 aromatic heterocycles. The fourth-order valence-corrected chi connectivity index (χ4v) is 4.03. The van der Waals surface area contributed by atoms with Gasteiger partial charge >= 0.3 is 0 Å². The van der Waals surface area contributed by atoms with E-state index in [9.17, 15) is 9.18 Å². The van der Waals surface area contributed by atoms with Crippen LogP contribution in [0, 0.1) is 12.7 Å². The van der Waals surface area contributed by atoms with Crippen LogP contribution in [0.3, 0.4) is 0 Å². The maximum absolute atomic E-state index is 14.5. The summed E-state index contributed by atoms with van der Waals surface area (Å²) in [5, 5.41) is -0.218. The molecule has 2 atom stereocenters. The third-order valence-corrected chi connectivity index (χ3v) is 5.80. The molecule has 1 aliphatic heterocycles. The Labute approximate surface area is 196 Å². The van der Waals surface area contributed by atoms with E-state index >= 15 is 0 Å². The lowest BCUT2D eigenvalue weighted by Gasteiger charge is -2.37. The van der Waals surface area contributed by atoms with Crippen molar-refractivity contribution in [3.63, 3.8) is 0 Å². The van der Waals surface area contributed by atoms with Gasteiger partial charge < -0.3 is 18.9 Å². The molecule has 0 aliphatic carbocycles. The minimum Gasteiger partial charge on any atom is -0.495 e. The first kappa shape index (κ1) is 22.8. The number of carbonyl (C=O) groups excluding carboxylic acids is 1. The SMILES string of the molecule is COc1cc(C=C2OC(C)CN([C@@H](C)c3ccnc(Cl)c3F)C2=O)ccc1-n1cnc(C)c1. The topological polar surface area (TPSA) is 69.5 Å². The molecule has 4 rings (SSSR count). The van der Waals surface area contributed by atoms with E-state index in [0.717, 1.165) is 16.9 Å². The van der Waals surface area contributed by atoms with Gasteiger partial charge in [0.25, 0.3) is 5.91 Å². The zero-order valence-electron chi connectivity index (χ0n) is 18.8. The lowest BCUT2D eigenvalue weighted by Crippen LogP contribution is -2.45. The molecule has 0 N–H and O–H groups in total. The summed E-state index contributed by atoms with van der Waals surface area (Å²) in [4.78, 5) is 22.8. The summed E-state index contributed by atoms with van der Waals surface area (Å²) in [5.41, 5.74) is 2.75. The third-order valence-electron chi connectivity index (χ3n) is 5.54. The van der Waals surface area contributed by atoms with E-state index < -0.39 is 11.9 Å². The summed E-state index contributed by atoms with van der Waals surface area (Å²) in [7, 11) is 1.59. The molecule has 1 unspecified atom stereocenters. The molecular weight excluding hydrogens is 447 g/mol. The fourth-order valence-electron chi connectivity index (χ4n) is 3.86. The molecule has 172 valence electrons. The van der Waals surface area contributed by atoms with Crippen molar-refractivity contribution in [3.05, 3.63) is 76.5 Å². The van der Waals surface area contributed by atoms with E-state index in [2.05, 4.69) is 9.97 Å². The van der Waals surface area contributed by atoms with Crippen molar-refractivity contribution in [1.29, 1.82) is 0 Å². The number of benzene rings is 1. The Morgan fingerprint density at radius 3 is 2.82 bits per heavy atom. The predicted octanol–water partition coefficient (Wildman–Crippen LogP) is 4.73. The minimum absolute atomic E-state index is 0.175. The number of pyridine rings is 1. The van der Waals surface area contributed by atoms with Crippen molar-refractivity contribution in [3.8, 4) is 11.4 Å². The Morgan fingerprint density at radius 2 is 2.12 bits per heavy atom. The summed E-state index contributed by atoms with van der Waals surface area (Å²) in [5.74, 6) is -0.161. The number of hydrogen-bond donors (Lipinski definition) is 0. The Bertz CT molecular complexity index is 1230. The van der Waals surface area contributed by atoms with Crippen LogP contribution in [0.25, 0.3) is 11.8 Å². The summed E-state index contributed by atoms with van der Waals surface area (Å²) in [6.45, 7) is 5.85. The van der Waals surface area contributed by atoms with Gasteiger partial charge in [0.1, 0.15) is 11.9 Å². The van der Waals surface area contributed by atoms with E-state index in [1.54, 1.807) is 31.3 Å². The number of carbonyl (C=O) groups is 1. The second-order valence-corrected chi connectivity index (χ2v) is 8.29. The highest BCUT2D eigenvalue weighted by Crippen LogP contribution is 2.31. The number of amides is 1. The van der Waals surface area contributed by atoms with Crippen LogP contribution in [-0.2, 0) is 9.53 Å². The van der Waals surface area contributed by atoms with Crippen LogP contribution < -0.4 is 4.74 Å². The van der Waals surface area contributed by atoms with Crippen LogP contribution in [0.4, 0.5) is 4.39 Å². The zero-order valence-corrected chi connectivity index (χ0v) is 19.5. The molecule has 1 saturated heterocycles. The monoisotopic (exact) mass is 470 g/mol. The maximum atomic E-state index is 14.5. The van der Waals surface area contributed by atoms with Crippen LogP contribution in [0.5, 0.6) is 5.75 Å². The summed E-state index contributed by atoms with van der Waals surface area (Å²) >= 11 is 5.84. The van der Waals surface area contributed by atoms with E-state index in [-0.39, 0.29) is 22.9 Å². The van der Waals surface area contributed by atoms with Crippen LogP contribution in [-0.4, -0.2) is 45.1 Å². The third kappa shape index (κ3) is 4.57. The number of hydrogen-bond acceptors (Lipinski definition) is 5. The molecule has 1 fully saturated rings. The first-order valence-electron chi connectivity index (χ1n) is 10.5. The van der Waals surface area contributed by atoms with Gasteiger partial charge in [-0.2, -0.15) is 0 Å². The van der Waals surface area contributed by atoms with Crippen molar-refractivity contribution in [2.75, 3.05) is 13.7 Å². The van der Waals surface area contributed by atoms with E-state index in [0.29, 0.717) is 17.9 Å². The highest BCUT2D eigenvalue weighted by Gasteiger charge is 2.34. The molecule has 0 saturated carbocycles. The highest BCUT2D eigenvalue weighted by molar-refractivity contribution is 6.29. The number of ether oxygens (including phenoxy) is 2. The second kappa shape index (κ2) is 9.23. The number of aromatic nitrogens is 3. The number of aryl methyl sites for hydroxylation is 1. The number of nitrogens with zero attached hydrogens (tertiary/aromatic N) is 4. The Morgan fingerprint density at radius 1 is 1.33 bits per heavy atom. The van der Waals surface area contributed by atoms with Gasteiger partial charge in [-0.1, -0.05) is 17.7 Å². The lowest BCUT2D eigenvalue weighted by molar-refractivity contribution is -0.141. The molecule has 33 heavy (non-hydrogen) atoms. The molecule has 3 aromatic rings. The smallest absolute Gasteiger partial charge is 0.289 e. The Balaban J connectivity index is 1.65. The molecule has 1 aliphatic rings. The minimum atomic E-state index is -0.626. The standard InChI is InChI=1S/C24H24ClFN4O3/c1-14-11-29(13-28-14)19-6-5-17(9-20(19)32-4)10-21-24(31)30(12-15(2)33-21)16(3)18-7-8-27-23(25)22(18)26/h5-11,13,15-16H,12H2,1-4H3/t15?,16-/m0/s1. The molecule has 0 radical (unpaired) electrons. The number of halogens is 2. The van der Waals surface area contributed by atoms with Crippen LogP contribution in [0.1, 0.15) is 36.7 Å². The van der Waals surface area contributed by atoms with Gasteiger partial charge in [-0.3, -0.25) is 4.79 Å². The summed E-state index contributed by atoms with van der Waals surface area (Å²) in [6, 6.07) is 6.56. The van der Waals surface area contributed by atoms with Crippen molar-refractivity contribution >= 4 is 23.6 Å². The van der Waals surface area contributed by atoms with Gasteiger partial charge in [0.2, 0.25) is 0 Å². The largest absolute Gasteiger partial charge is 0.495 e. The van der Waals surface area contributed by atoms with Crippen molar-refractivity contribution in [1.82, 2.24) is 19.4 Å². The van der Waals surface area contributed by atoms with Crippen molar-refractivity contribution in [2.24, 2.45) is 0 Å². The predicted molar refractivity (Wildman–Crippen MR) is 123 cm³/mol.